The molecule has 0 aromatic carbocycles. The first-order valence-corrected chi connectivity index (χ1v) is 6.06. The van der Waals surface area contributed by atoms with E-state index < -0.39 is 6.10 Å². The summed E-state index contributed by atoms with van der Waals surface area (Å²) in [6.07, 6.45) is 1.50. The number of rotatable bonds is 2. The van der Waals surface area contributed by atoms with E-state index in [4.69, 9.17) is 0 Å². The average molecular weight is 231 g/mol. The molecule has 1 N–H and O–H groups in total. The Morgan fingerprint density at radius 2 is 2.50 bits per heavy atom. The fraction of sp³-hybridized carbons (Fsp3) is 0.571. The molecule has 0 spiro atoms. The van der Waals surface area contributed by atoms with E-state index >= 15 is 0 Å². The Morgan fingerprint density at radius 3 is 3.00 bits per heavy atom. The molecule has 1 aromatic rings. The summed E-state index contributed by atoms with van der Waals surface area (Å²) in [4.78, 5) is 17.0. The maximum absolute atomic E-state index is 11.4. The van der Waals surface area contributed by atoms with Gasteiger partial charge in [-0.1, -0.05) is 11.8 Å². The zero-order valence-electron chi connectivity index (χ0n) is 7.51. The van der Waals surface area contributed by atoms with Crippen molar-refractivity contribution in [1.29, 1.82) is 0 Å². The highest BCUT2D eigenvalue weighted by molar-refractivity contribution is 7.98. The molecule has 5 nitrogen and oxygen atoms in total. The number of amides is 1. The SMILES string of the molecule is CSc1nsc(N2CC(O)CC2=O)n1. The van der Waals surface area contributed by atoms with Crippen LogP contribution >= 0.6 is 23.3 Å². The van der Waals surface area contributed by atoms with Crippen molar-refractivity contribution < 1.29 is 9.90 Å². The third-order valence-corrected chi connectivity index (χ3v) is 3.32. The number of hydrogen-bond acceptors (Lipinski definition) is 6. The van der Waals surface area contributed by atoms with Crippen molar-refractivity contribution in [3.8, 4) is 0 Å². The Morgan fingerprint density at radius 1 is 1.71 bits per heavy atom. The van der Waals surface area contributed by atoms with Crippen LogP contribution in [0, 0.1) is 0 Å². The van der Waals surface area contributed by atoms with Crippen molar-refractivity contribution in [2.24, 2.45) is 0 Å². The van der Waals surface area contributed by atoms with E-state index in [1.807, 2.05) is 6.26 Å². The standard InChI is InChI=1S/C7H9N3O2S2/c1-13-6-8-7(14-9-6)10-3-4(11)2-5(10)12/h4,11H,2-3H2,1H3. The number of aromatic nitrogens is 2. The van der Waals surface area contributed by atoms with E-state index in [-0.39, 0.29) is 12.3 Å². The van der Waals surface area contributed by atoms with Crippen LogP contribution in [0.15, 0.2) is 5.16 Å². The van der Waals surface area contributed by atoms with E-state index in [0.29, 0.717) is 16.8 Å². The molecule has 0 radical (unpaired) electrons. The van der Waals surface area contributed by atoms with E-state index in [1.54, 1.807) is 0 Å². The van der Waals surface area contributed by atoms with Gasteiger partial charge in [0.05, 0.1) is 19.1 Å². The van der Waals surface area contributed by atoms with Crippen LogP contribution in [0.25, 0.3) is 0 Å². The minimum absolute atomic E-state index is 0.0821. The smallest absolute Gasteiger partial charge is 0.231 e. The number of anilines is 1. The Bertz CT molecular complexity index is 354. The van der Waals surface area contributed by atoms with Crippen molar-refractivity contribution in [2.45, 2.75) is 17.7 Å². The molecular weight excluding hydrogens is 222 g/mol. The summed E-state index contributed by atoms with van der Waals surface area (Å²) in [6, 6.07) is 0. The summed E-state index contributed by atoms with van der Waals surface area (Å²) < 4.78 is 4.06. The number of aliphatic hydroxyl groups is 1. The number of β-amino-alcohol motifs (C(OH)–C–C–N with tert-alkyl or cyclic N) is 1. The molecule has 0 saturated carbocycles. The molecule has 1 amide bonds. The van der Waals surface area contributed by atoms with Gasteiger partial charge in [0.25, 0.3) is 0 Å². The number of hydrogen-bond donors (Lipinski definition) is 1. The molecule has 1 aliphatic rings. The Balaban J connectivity index is 2.18. The van der Waals surface area contributed by atoms with Gasteiger partial charge in [-0.15, -0.1) is 0 Å². The lowest BCUT2D eigenvalue weighted by Gasteiger charge is -2.09. The van der Waals surface area contributed by atoms with Crippen LogP contribution in [-0.2, 0) is 4.79 Å². The maximum Gasteiger partial charge on any atom is 0.231 e. The number of carbonyl (C=O) groups is 1. The second-order valence-corrected chi connectivity index (χ2v) is 4.43. The highest BCUT2D eigenvalue weighted by atomic mass is 32.2. The monoisotopic (exact) mass is 231 g/mol. The zero-order chi connectivity index (χ0) is 10.1. The minimum Gasteiger partial charge on any atom is -0.391 e. The Kier molecular flexibility index (Phi) is 2.71. The largest absolute Gasteiger partial charge is 0.391 e. The van der Waals surface area contributed by atoms with E-state index in [9.17, 15) is 9.90 Å². The lowest BCUT2D eigenvalue weighted by molar-refractivity contribution is -0.117. The fourth-order valence-electron chi connectivity index (χ4n) is 1.27. The number of nitrogens with zero attached hydrogens (tertiary/aromatic N) is 3. The van der Waals surface area contributed by atoms with Gasteiger partial charge in [-0.2, -0.15) is 9.36 Å². The van der Waals surface area contributed by atoms with Gasteiger partial charge in [0.1, 0.15) is 0 Å². The molecule has 1 aliphatic heterocycles. The van der Waals surface area contributed by atoms with Gasteiger partial charge in [0.15, 0.2) is 0 Å². The van der Waals surface area contributed by atoms with Crippen LogP contribution in [0.4, 0.5) is 5.13 Å². The second kappa shape index (κ2) is 3.84. The predicted octanol–water partition coefficient (Wildman–Crippen LogP) is 0.358. The van der Waals surface area contributed by atoms with Crippen molar-refractivity contribution >= 4 is 34.3 Å². The second-order valence-electron chi connectivity index (χ2n) is 2.93. The van der Waals surface area contributed by atoms with Crippen molar-refractivity contribution in [3.63, 3.8) is 0 Å². The van der Waals surface area contributed by atoms with Gasteiger partial charge in [-0.05, 0) is 6.26 Å². The lowest BCUT2D eigenvalue weighted by atomic mass is 10.3. The normalized spacial score (nSPS) is 22.0. The molecule has 0 aliphatic carbocycles. The van der Waals surface area contributed by atoms with Gasteiger partial charge >= 0.3 is 0 Å². The van der Waals surface area contributed by atoms with Crippen molar-refractivity contribution in [1.82, 2.24) is 9.36 Å². The Hall–Kier alpha value is -0.660. The molecule has 1 saturated heterocycles. The number of aliphatic hydroxyl groups excluding tert-OH is 1. The first-order valence-electron chi connectivity index (χ1n) is 4.07. The molecule has 2 rings (SSSR count). The van der Waals surface area contributed by atoms with Gasteiger partial charge in [-0.3, -0.25) is 9.69 Å². The van der Waals surface area contributed by atoms with Crippen LogP contribution in [-0.4, -0.2) is 39.3 Å². The molecule has 2 heterocycles. The van der Waals surface area contributed by atoms with Crippen LogP contribution in [0.2, 0.25) is 0 Å². The number of thioether (sulfide) groups is 1. The lowest BCUT2D eigenvalue weighted by Crippen LogP contribution is -2.24. The van der Waals surface area contributed by atoms with Crippen molar-refractivity contribution in [3.05, 3.63) is 0 Å². The first kappa shape index (κ1) is 9.88. The van der Waals surface area contributed by atoms with Crippen LogP contribution in [0.3, 0.4) is 0 Å². The highest BCUT2D eigenvalue weighted by Gasteiger charge is 2.31. The summed E-state index contributed by atoms with van der Waals surface area (Å²) in [6.45, 7) is 0.335. The van der Waals surface area contributed by atoms with E-state index in [2.05, 4.69) is 9.36 Å². The van der Waals surface area contributed by atoms with Gasteiger partial charge in [0.2, 0.25) is 16.2 Å². The third-order valence-electron chi connectivity index (χ3n) is 1.91. The van der Waals surface area contributed by atoms with Gasteiger partial charge in [0, 0.05) is 11.5 Å². The molecule has 14 heavy (non-hydrogen) atoms. The van der Waals surface area contributed by atoms with Gasteiger partial charge in [-0.25, -0.2) is 0 Å². The molecular formula is C7H9N3O2S2. The van der Waals surface area contributed by atoms with Crippen LogP contribution in [0.1, 0.15) is 6.42 Å². The topological polar surface area (TPSA) is 66.3 Å². The van der Waals surface area contributed by atoms with E-state index in [0.717, 1.165) is 0 Å². The van der Waals surface area contributed by atoms with Crippen LogP contribution in [0.5, 0.6) is 0 Å². The Labute approximate surface area is 89.3 Å². The fourth-order valence-corrected chi connectivity index (χ4v) is 2.52. The molecule has 76 valence electrons. The average Bonchev–Trinajstić information content (AvgIpc) is 2.71. The molecule has 0 bridgehead atoms. The summed E-state index contributed by atoms with van der Waals surface area (Å²) in [7, 11) is 0. The highest BCUT2D eigenvalue weighted by Crippen LogP contribution is 2.25. The first-order chi connectivity index (χ1) is 6.70. The summed E-state index contributed by atoms with van der Waals surface area (Å²) in [5, 5.41) is 10.5. The van der Waals surface area contributed by atoms with Crippen molar-refractivity contribution in [2.75, 3.05) is 17.7 Å². The summed E-state index contributed by atoms with van der Waals surface area (Å²) in [5.41, 5.74) is 0. The summed E-state index contributed by atoms with van der Waals surface area (Å²) >= 11 is 2.63. The zero-order valence-corrected chi connectivity index (χ0v) is 9.14. The molecule has 1 aromatic heterocycles. The van der Waals surface area contributed by atoms with Crippen LogP contribution < -0.4 is 4.90 Å². The molecule has 1 unspecified atom stereocenters. The molecule has 1 fully saturated rings. The molecule has 7 heteroatoms. The predicted molar refractivity (Wildman–Crippen MR) is 54.7 cm³/mol. The quantitative estimate of drug-likeness (QED) is 0.744. The summed E-state index contributed by atoms with van der Waals surface area (Å²) in [5.74, 6) is -0.0821. The number of carbonyl (C=O) groups excluding carboxylic acids is 1. The van der Waals surface area contributed by atoms with E-state index in [1.165, 1.54) is 28.2 Å². The maximum atomic E-state index is 11.4. The third kappa shape index (κ3) is 1.75. The van der Waals surface area contributed by atoms with Gasteiger partial charge < -0.3 is 5.11 Å². The molecule has 1 atom stereocenters. The minimum atomic E-state index is -0.566.